The molecule has 0 heterocycles. The minimum Gasteiger partial charge on any atom is -0.492 e. The van der Waals surface area contributed by atoms with Crippen molar-refractivity contribution in [2.24, 2.45) is 0 Å². The Morgan fingerprint density at radius 1 is 0.806 bits per heavy atom. The van der Waals surface area contributed by atoms with Crippen molar-refractivity contribution in [3.8, 4) is 5.75 Å². The molecule has 1 N–H and O–H groups in total. The third-order valence-electron chi connectivity index (χ3n) is 5.39. The molecule has 8 heteroatoms. The van der Waals surface area contributed by atoms with E-state index in [2.05, 4.69) is 5.32 Å². The summed E-state index contributed by atoms with van der Waals surface area (Å²) in [6, 6.07) is 29.5. The monoisotopic (exact) mass is 504 g/mol. The fourth-order valence-electron chi connectivity index (χ4n) is 3.61. The van der Waals surface area contributed by atoms with Crippen molar-refractivity contribution in [1.82, 2.24) is 5.32 Å². The Kier molecular flexibility index (Phi) is 7.97. The summed E-state index contributed by atoms with van der Waals surface area (Å²) in [5.41, 5.74) is 1.26. The van der Waals surface area contributed by atoms with E-state index >= 15 is 0 Å². The molecule has 0 bridgehead atoms. The molecule has 0 aliphatic heterocycles. The van der Waals surface area contributed by atoms with Gasteiger partial charge in [0.2, 0.25) is 0 Å². The molecule has 36 heavy (non-hydrogen) atoms. The standard InChI is InChI=1S/C28H25FN2O4S/c29-23-15-17-24(18-16-23)35-20-19-30-28(32)26-13-7-8-14-27(26)31(21-22-9-3-1-4-10-22)36(33,34)25-11-5-2-6-12-25/h1-18H,19-21H2,(H,30,32). The molecule has 4 aromatic carbocycles. The molecule has 0 aliphatic rings. The Labute approximate surface area is 210 Å². The lowest BCUT2D eigenvalue weighted by atomic mass is 10.1. The topological polar surface area (TPSA) is 75.7 Å². The normalized spacial score (nSPS) is 11.0. The summed E-state index contributed by atoms with van der Waals surface area (Å²) < 4.78 is 47.2. The van der Waals surface area contributed by atoms with Gasteiger partial charge >= 0.3 is 0 Å². The number of anilines is 1. The van der Waals surface area contributed by atoms with Crippen molar-refractivity contribution < 1.29 is 22.3 Å². The van der Waals surface area contributed by atoms with E-state index in [9.17, 15) is 17.6 Å². The van der Waals surface area contributed by atoms with E-state index in [4.69, 9.17) is 4.74 Å². The van der Waals surface area contributed by atoms with Crippen LogP contribution in [-0.2, 0) is 16.6 Å². The first-order valence-corrected chi connectivity index (χ1v) is 12.8. The van der Waals surface area contributed by atoms with Crippen LogP contribution in [0.15, 0.2) is 114 Å². The maximum Gasteiger partial charge on any atom is 0.264 e. The number of rotatable bonds is 10. The highest BCUT2D eigenvalue weighted by Crippen LogP contribution is 2.29. The number of nitrogens with zero attached hydrogens (tertiary/aromatic N) is 1. The minimum absolute atomic E-state index is 0.0516. The van der Waals surface area contributed by atoms with E-state index < -0.39 is 15.9 Å². The number of benzene rings is 4. The number of amides is 1. The predicted molar refractivity (Wildman–Crippen MR) is 137 cm³/mol. The Morgan fingerprint density at radius 2 is 1.42 bits per heavy atom. The second kappa shape index (κ2) is 11.5. The van der Waals surface area contributed by atoms with Gasteiger partial charge < -0.3 is 10.1 Å². The second-order valence-electron chi connectivity index (χ2n) is 7.89. The van der Waals surface area contributed by atoms with Crippen molar-refractivity contribution in [2.75, 3.05) is 17.5 Å². The van der Waals surface area contributed by atoms with Gasteiger partial charge in [-0.3, -0.25) is 9.10 Å². The molecule has 4 rings (SSSR count). The summed E-state index contributed by atoms with van der Waals surface area (Å²) in [5, 5.41) is 2.77. The third kappa shape index (κ3) is 6.09. The zero-order chi connectivity index (χ0) is 25.4. The van der Waals surface area contributed by atoms with Crippen molar-refractivity contribution in [2.45, 2.75) is 11.4 Å². The van der Waals surface area contributed by atoms with Crippen LogP contribution in [0.4, 0.5) is 10.1 Å². The van der Waals surface area contributed by atoms with Crippen molar-refractivity contribution >= 4 is 21.6 Å². The quantitative estimate of drug-likeness (QED) is 0.308. The highest BCUT2D eigenvalue weighted by atomic mass is 32.2. The van der Waals surface area contributed by atoms with Gasteiger partial charge in [-0.05, 0) is 54.1 Å². The van der Waals surface area contributed by atoms with Crippen molar-refractivity contribution in [3.63, 3.8) is 0 Å². The van der Waals surface area contributed by atoms with Gasteiger partial charge in [0, 0.05) is 0 Å². The van der Waals surface area contributed by atoms with Crippen molar-refractivity contribution in [1.29, 1.82) is 0 Å². The van der Waals surface area contributed by atoms with E-state index in [1.165, 1.54) is 40.7 Å². The fraction of sp³-hybridized carbons (Fsp3) is 0.107. The number of hydrogen-bond donors (Lipinski definition) is 1. The van der Waals surface area contributed by atoms with Crippen LogP contribution in [0.5, 0.6) is 5.75 Å². The van der Waals surface area contributed by atoms with E-state index in [0.29, 0.717) is 5.75 Å². The van der Waals surface area contributed by atoms with Gasteiger partial charge in [-0.25, -0.2) is 12.8 Å². The number of carbonyl (C=O) groups excluding carboxylic acids is 1. The van der Waals surface area contributed by atoms with Gasteiger partial charge in [0.25, 0.3) is 15.9 Å². The number of hydrogen-bond acceptors (Lipinski definition) is 4. The van der Waals surface area contributed by atoms with Crippen LogP contribution in [0.2, 0.25) is 0 Å². The largest absolute Gasteiger partial charge is 0.492 e. The van der Waals surface area contributed by atoms with Crippen LogP contribution < -0.4 is 14.4 Å². The first-order valence-electron chi connectivity index (χ1n) is 11.3. The van der Waals surface area contributed by atoms with Crippen molar-refractivity contribution in [3.05, 3.63) is 126 Å². The molecule has 0 aliphatic carbocycles. The van der Waals surface area contributed by atoms with Gasteiger partial charge in [-0.2, -0.15) is 0 Å². The molecule has 0 saturated carbocycles. The van der Waals surface area contributed by atoms with Crippen LogP contribution in [0.1, 0.15) is 15.9 Å². The fourth-order valence-corrected chi connectivity index (χ4v) is 5.10. The van der Waals surface area contributed by atoms with Crippen LogP contribution >= 0.6 is 0 Å². The summed E-state index contributed by atoms with van der Waals surface area (Å²) in [5.74, 6) is -0.318. The smallest absolute Gasteiger partial charge is 0.264 e. The van der Waals surface area contributed by atoms with Gasteiger partial charge in [-0.1, -0.05) is 60.7 Å². The Balaban J connectivity index is 1.57. The number of halogens is 1. The Morgan fingerprint density at radius 3 is 2.11 bits per heavy atom. The van der Waals surface area contributed by atoms with E-state index in [0.717, 1.165) is 5.56 Å². The summed E-state index contributed by atoms with van der Waals surface area (Å²) in [6.45, 7) is 0.389. The summed E-state index contributed by atoms with van der Waals surface area (Å²) in [4.78, 5) is 13.2. The molecule has 0 saturated heterocycles. The SMILES string of the molecule is O=C(NCCOc1ccc(F)cc1)c1ccccc1N(Cc1ccccc1)S(=O)(=O)c1ccccc1. The number of ether oxygens (including phenoxy) is 1. The van der Waals surface area contributed by atoms with Crippen LogP contribution in [0, 0.1) is 5.82 Å². The molecule has 4 aromatic rings. The third-order valence-corrected chi connectivity index (χ3v) is 7.16. The molecular weight excluding hydrogens is 479 g/mol. The zero-order valence-corrected chi connectivity index (χ0v) is 20.2. The van der Waals surface area contributed by atoms with Crippen LogP contribution in [0.3, 0.4) is 0 Å². The van der Waals surface area contributed by atoms with E-state index in [1.807, 2.05) is 30.3 Å². The molecular formula is C28H25FN2O4S. The number of para-hydroxylation sites is 1. The number of carbonyl (C=O) groups is 1. The molecule has 0 fully saturated rings. The average Bonchev–Trinajstić information content (AvgIpc) is 2.91. The molecule has 0 aromatic heterocycles. The van der Waals surface area contributed by atoms with Gasteiger partial charge in [0.1, 0.15) is 18.2 Å². The van der Waals surface area contributed by atoms with Gasteiger partial charge in [0.05, 0.1) is 29.2 Å². The molecule has 184 valence electrons. The molecule has 0 spiro atoms. The maximum absolute atomic E-state index is 13.7. The van der Waals surface area contributed by atoms with Gasteiger partial charge in [0.15, 0.2) is 0 Å². The minimum atomic E-state index is -3.98. The van der Waals surface area contributed by atoms with E-state index in [1.54, 1.807) is 42.5 Å². The van der Waals surface area contributed by atoms with Crippen LogP contribution in [-0.4, -0.2) is 27.5 Å². The molecule has 0 atom stereocenters. The maximum atomic E-state index is 13.7. The molecule has 6 nitrogen and oxygen atoms in total. The zero-order valence-electron chi connectivity index (χ0n) is 19.4. The summed E-state index contributed by atoms with van der Waals surface area (Å²) in [7, 11) is -3.98. The highest BCUT2D eigenvalue weighted by molar-refractivity contribution is 7.92. The average molecular weight is 505 g/mol. The lowest BCUT2D eigenvalue weighted by Gasteiger charge is -2.26. The number of nitrogens with one attached hydrogen (secondary N) is 1. The highest BCUT2D eigenvalue weighted by Gasteiger charge is 2.28. The first kappa shape index (κ1) is 24.9. The second-order valence-corrected chi connectivity index (χ2v) is 9.75. The Hall–Kier alpha value is -4.17. The summed E-state index contributed by atoms with van der Waals surface area (Å²) in [6.07, 6.45) is 0. The Bertz CT molecular complexity index is 1400. The van der Waals surface area contributed by atoms with Crippen LogP contribution in [0.25, 0.3) is 0 Å². The predicted octanol–water partition coefficient (Wildman–Crippen LogP) is 5.03. The molecule has 0 radical (unpaired) electrons. The lowest BCUT2D eigenvalue weighted by molar-refractivity contribution is 0.0947. The first-order chi connectivity index (χ1) is 17.4. The lowest BCUT2D eigenvalue weighted by Crippen LogP contribution is -2.34. The number of sulfonamides is 1. The molecule has 1 amide bonds. The molecule has 0 unspecified atom stereocenters. The summed E-state index contributed by atoms with van der Waals surface area (Å²) >= 11 is 0. The van der Waals surface area contributed by atoms with E-state index in [-0.39, 0.29) is 41.7 Å². The van der Waals surface area contributed by atoms with Gasteiger partial charge in [-0.15, -0.1) is 0 Å².